The van der Waals surface area contributed by atoms with Crippen molar-refractivity contribution in [1.29, 1.82) is 0 Å². The summed E-state index contributed by atoms with van der Waals surface area (Å²) >= 11 is 1.75. The number of benzene rings is 4. The zero-order valence-corrected chi connectivity index (χ0v) is 15.5. The van der Waals surface area contributed by atoms with Gasteiger partial charge in [-0.3, -0.25) is 0 Å². The minimum Gasteiger partial charge on any atom is -0.236 e. The summed E-state index contributed by atoms with van der Waals surface area (Å²) in [4.78, 5) is 4.92. The zero-order valence-electron chi connectivity index (χ0n) is 14.7. The first-order valence-electron chi connectivity index (χ1n) is 8.99. The van der Waals surface area contributed by atoms with E-state index in [0.717, 1.165) is 16.1 Å². The Balaban J connectivity index is 1.76. The molecule has 0 fully saturated rings. The second kappa shape index (κ2) is 6.82. The fraction of sp³-hybridized carbons (Fsp3) is 0. The van der Waals surface area contributed by atoms with E-state index >= 15 is 0 Å². The van der Waals surface area contributed by atoms with Crippen LogP contribution in [-0.4, -0.2) is 4.98 Å². The fourth-order valence-electron chi connectivity index (χ4n) is 3.41. The second-order valence-electron chi connectivity index (χ2n) is 6.48. The molecule has 5 rings (SSSR count). The number of nitrogens with zero attached hydrogens (tertiary/aromatic N) is 1. The van der Waals surface area contributed by atoms with Gasteiger partial charge in [-0.05, 0) is 40.1 Å². The van der Waals surface area contributed by atoms with Gasteiger partial charge in [-0.2, -0.15) is 0 Å². The average Bonchev–Trinajstić information content (AvgIpc) is 3.16. The summed E-state index contributed by atoms with van der Waals surface area (Å²) in [7, 11) is 0. The number of hydrogen-bond donors (Lipinski definition) is 0. The molecule has 2 heteroatoms. The fourth-order valence-corrected chi connectivity index (χ4v) is 4.41. The average molecular weight is 363 g/mol. The van der Waals surface area contributed by atoms with Gasteiger partial charge in [-0.25, -0.2) is 4.98 Å². The first kappa shape index (κ1) is 16.0. The standard InChI is InChI=1S/C25H17NS/c1-2-9-19(10-3-1)22(25-26-23-15-6-7-16-24(23)27-25)17-20-13-8-12-18-11-4-5-14-21(18)20/h1-17H. The maximum Gasteiger partial charge on any atom is 0.125 e. The van der Waals surface area contributed by atoms with Crippen molar-refractivity contribution in [3.05, 3.63) is 113 Å². The molecule has 0 amide bonds. The number of para-hydroxylation sites is 1. The van der Waals surface area contributed by atoms with Crippen LogP contribution in [0.3, 0.4) is 0 Å². The summed E-state index contributed by atoms with van der Waals surface area (Å²) in [6.07, 6.45) is 2.27. The van der Waals surface area contributed by atoms with Gasteiger partial charge in [0.25, 0.3) is 0 Å². The molecule has 0 saturated carbocycles. The van der Waals surface area contributed by atoms with Crippen LogP contribution >= 0.6 is 11.3 Å². The number of hydrogen-bond acceptors (Lipinski definition) is 2. The van der Waals surface area contributed by atoms with E-state index in [4.69, 9.17) is 4.98 Å². The molecule has 0 aliphatic carbocycles. The lowest BCUT2D eigenvalue weighted by atomic mass is 9.99. The van der Waals surface area contributed by atoms with Crippen LogP contribution in [0.1, 0.15) is 16.1 Å². The molecule has 128 valence electrons. The van der Waals surface area contributed by atoms with E-state index in [1.807, 2.05) is 6.07 Å². The van der Waals surface area contributed by atoms with E-state index < -0.39 is 0 Å². The molecule has 0 radical (unpaired) electrons. The van der Waals surface area contributed by atoms with Gasteiger partial charge in [0, 0.05) is 5.57 Å². The van der Waals surface area contributed by atoms with E-state index in [9.17, 15) is 0 Å². The minimum atomic E-state index is 1.05. The van der Waals surface area contributed by atoms with Gasteiger partial charge in [0.1, 0.15) is 5.01 Å². The highest BCUT2D eigenvalue weighted by atomic mass is 32.1. The van der Waals surface area contributed by atoms with Gasteiger partial charge in [0.05, 0.1) is 10.2 Å². The normalized spacial score (nSPS) is 11.9. The first-order valence-corrected chi connectivity index (χ1v) is 9.81. The van der Waals surface area contributed by atoms with Crippen LogP contribution in [0.15, 0.2) is 97.1 Å². The lowest BCUT2D eigenvalue weighted by molar-refractivity contribution is 1.43. The summed E-state index contributed by atoms with van der Waals surface area (Å²) in [6.45, 7) is 0. The molecule has 0 saturated heterocycles. The van der Waals surface area contributed by atoms with Crippen molar-refractivity contribution in [3.8, 4) is 0 Å². The highest BCUT2D eigenvalue weighted by Gasteiger charge is 2.12. The molecule has 0 atom stereocenters. The molecule has 4 aromatic carbocycles. The van der Waals surface area contributed by atoms with Crippen LogP contribution in [0.4, 0.5) is 0 Å². The highest BCUT2D eigenvalue weighted by Crippen LogP contribution is 2.33. The Bertz CT molecular complexity index is 1230. The van der Waals surface area contributed by atoms with Crippen LogP contribution < -0.4 is 0 Å². The minimum absolute atomic E-state index is 1.05. The van der Waals surface area contributed by atoms with Gasteiger partial charge < -0.3 is 0 Å². The molecule has 5 aromatic rings. The Hall–Kier alpha value is -3.23. The van der Waals surface area contributed by atoms with Crippen molar-refractivity contribution in [2.45, 2.75) is 0 Å². The van der Waals surface area contributed by atoms with Crippen LogP contribution in [0, 0.1) is 0 Å². The molecule has 0 spiro atoms. The second-order valence-corrected chi connectivity index (χ2v) is 7.51. The number of fused-ring (bicyclic) bond motifs is 2. The van der Waals surface area contributed by atoms with Crippen LogP contribution in [0.5, 0.6) is 0 Å². The van der Waals surface area contributed by atoms with Gasteiger partial charge in [0.15, 0.2) is 0 Å². The number of thiazole rings is 1. The van der Waals surface area contributed by atoms with Crippen molar-refractivity contribution in [2.75, 3.05) is 0 Å². The molecule has 0 unspecified atom stereocenters. The van der Waals surface area contributed by atoms with E-state index in [1.54, 1.807) is 11.3 Å². The van der Waals surface area contributed by atoms with E-state index in [0.29, 0.717) is 0 Å². The predicted octanol–water partition coefficient (Wildman–Crippen LogP) is 7.04. The van der Waals surface area contributed by atoms with Gasteiger partial charge in [0.2, 0.25) is 0 Å². The molecule has 1 aromatic heterocycles. The number of aromatic nitrogens is 1. The van der Waals surface area contributed by atoms with E-state index in [-0.39, 0.29) is 0 Å². The summed E-state index contributed by atoms with van der Waals surface area (Å²) in [5.74, 6) is 0. The SMILES string of the molecule is C(=C(c1ccccc1)c1nc2ccccc2s1)c1cccc2ccccc12. The van der Waals surface area contributed by atoms with Crippen molar-refractivity contribution in [2.24, 2.45) is 0 Å². The van der Waals surface area contributed by atoms with E-state index in [2.05, 4.69) is 97.1 Å². The van der Waals surface area contributed by atoms with Gasteiger partial charge in [-0.1, -0.05) is 84.9 Å². The predicted molar refractivity (Wildman–Crippen MR) is 117 cm³/mol. The summed E-state index contributed by atoms with van der Waals surface area (Å²) in [5, 5.41) is 3.56. The Kier molecular flexibility index (Phi) is 4.04. The molecule has 0 N–H and O–H groups in total. The topological polar surface area (TPSA) is 12.9 Å². The van der Waals surface area contributed by atoms with Crippen LogP contribution in [0.2, 0.25) is 0 Å². The van der Waals surface area contributed by atoms with Crippen molar-refractivity contribution in [3.63, 3.8) is 0 Å². The Labute approximate surface area is 162 Å². The van der Waals surface area contributed by atoms with Crippen LogP contribution in [0.25, 0.3) is 32.6 Å². The first-order chi connectivity index (χ1) is 13.4. The smallest absolute Gasteiger partial charge is 0.125 e. The maximum absolute atomic E-state index is 4.92. The summed E-state index contributed by atoms with van der Waals surface area (Å²) in [5.41, 5.74) is 4.61. The van der Waals surface area contributed by atoms with Crippen molar-refractivity contribution < 1.29 is 0 Å². The maximum atomic E-state index is 4.92. The van der Waals surface area contributed by atoms with E-state index in [1.165, 1.54) is 26.6 Å². The lowest BCUT2D eigenvalue weighted by Crippen LogP contribution is -1.88. The van der Waals surface area contributed by atoms with Crippen molar-refractivity contribution >= 4 is 44.0 Å². The highest BCUT2D eigenvalue weighted by molar-refractivity contribution is 7.19. The summed E-state index contributed by atoms with van der Waals surface area (Å²) in [6, 6.07) is 33.8. The molecule has 0 aliphatic heterocycles. The largest absolute Gasteiger partial charge is 0.236 e. The zero-order chi connectivity index (χ0) is 18.1. The molecule has 0 aliphatic rings. The number of rotatable bonds is 3. The Morgan fingerprint density at radius 1 is 0.704 bits per heavy atom. The molecule has 1 heterocycles. The Morgan fingerprint density at radius 2 is 1.44 bits per heavy atom. The van der Waals surface area contributed by atoms with Crippen LogP contribution in [-0.2, 0) is 0 Å². The molecular formula is C25H17NS. The third-order valence-electron chi connectivity index (χ3n) is 4.73. The quantitative estimate of drug-likeness (QED) is 0.313. The third-order valence-corrected chi connectivity index (χ3v) is 5.80. The molecule has 1 nitrogen and oxygen atoms in total. The molecule has 0 bridgehead atoms. The van der Waals surface area contributed by atoms with Crippen molar-refractivity contribution in [1.82, 2.24) is 4.98 Å². The van der Waals surface area contributed by atoms with Gasteiger partial charge in [-0.15, -0.1) is 11.3 Å². The Morgan fingerprint density at radius 3 is 2.33 bits per heavy atom. The molecular weight excluding hydrogens is 346 g/mol. The monoisotopic (exact) mass is 363 g/mol. The lowest BCUT2D eigenvalue weighted by Gasteiger charge is -2.07. The summed E-state index contributed by atoms with van der Waals surface area (Å²) < 4.78 is 1.22. The third kappa shape index (κ3) is 3.05. The molecule has 27 heavy (non-hydrogen) atoms. The van der Waals surface area contributed by atoms with Gasteiger partial charge >= 0.3 is 0 Å².